The molecule has 1 saturated carbocycles. The number of carbonyl (C=O) groups excluding carboxylic acids is 1. The number of aliphatic hydroxyl groups excluding tert-OH is 1. The quantitative estimate of drug-likeness (QED) is 0.738. The molecule has 1 aliphatic heterocycles. The summed E-state index contributed by atoms with van der Waals surface area (Å²) in [6, 6.07) is 7.74. The van der Waals surface area contributed by atoms with Crippen LogP contribution in [-0.4, -0.2) is 73.4 Å². The van der Waals surface area contributed by atoms with E-state index in [0.29, 0.717) is 25.7 Å². The Balaban J connectivity index is 1.31. The molecule has 1 atom stereocenters. The normalized spacial score (nSPS) is 20.1. The zero-order chi connectivity index (χ0) is 19.8. The minimum absolute atomic E-state index is 0.247. The monoisotopic (exact) mass is 390 g/mol. The molecule has 1 N–H and O–H groups in total. The molecule has 6 nitrogen and oxygen atoms in total. The van der Waals surface area contributed by atoms with Crippen molar-refractivity contribution in [2.24, 2.45) is 5.92 Å². The SMILES string of the molecule is COc1ccc(COCC(O)CN2CCN(C(=O)C3CCCCC3)CC2)cc1. The van der Waals surface area contributed by atoms with Gasteiger partial charge in [0.2, 0.25) is 5.91 Å². The van der Waals surface area contributed by atoms with E-state index in [2.05, 4.69) is 4.90 Å². The van der Waals surface area contributed by atoms with Gasteiger partial charge in [0.05, 0.1) is 26.4 Å². The number of piperazine rings is 1. The van der Waals surface area contributed by atoms with E-state index in [9.17, 15) is 9.90 Å². The van der Waals surface area contributed by atoms with E-state index in [1.807, 2.05) is 29.2 Å². The first-order valence-electron chi connectivity index (χ1n) is 10.6. The minimum atomic E-state index is -0.515. The smallest absolute Gasteiger partial charge is 0.225 e. The molecule has 1 aromatic rings. The first kappa shape index (κ1) is 21.1. The van der Waals surface area contributed by atoms with Gasteiger partial charge in [0.1, 0.15) is 5.75 Å². The van der Waals surface area contributed by atoms with E-state index < -0.39 is 6.10 Å². The maximum atomic E-state index is 12.6. The van der Waals surface area contributed by atoms with E-state index >= 15 is 0 Å². The average molecular weight is 391 g/mol. The second-order valence-corrected chi connectivity index (χ2v) is 7.98. The number of aliphatic hydroxyl groups is 1. The van der Waals surface area contributed by atoms with Gasteiger partial charge in [-0.25, -0.2) is 0 Å². The summed E-state index contributed by atoms with van der Waals surface area (Å²) in [5, 5.41) is 10.3. The molecular formula is C22H34N2O4. The lowest BCUT2D eigenvalue weighted by Gasteiger charge is -2.37. The number of benzene rings is 1. The fourth-order valence-corrected chi connectivity index (χ4v) is 4.14. The maximum Gasteiger partial charge on any atom is 0.225 e. The predicted molar refractivity (Wildman–Crippen MR) is 108 cm³/mol. The zero-order valence-electron chi connectivity index (χ0n) is 17.0. The number of ether oxygens (including phenoxy) is 2. The fraction of sp³-hybridized carbons (Fsp3) is 0.682. The van der Waals surface area contributed by atoms with E-state index in [1.165, 1.54) is 19.3 Å². The van der Waals surface area contributed by atoms with Crippen LogP contribution in [0.1, 0.15) is 37.7 Å². The summed E-state index contributed by atoms with van der Waals surface area (Å²) >= 11 is 0. The first-order chi connectivity index (χ1) is 13.7. The van der Waals surface area contributed by atoms with Crippen LogP contribution in [0.2, 0.25) is 0 Å². The highest BCUT2D eigenvalue weighted by molar-refractivity contribution is 5.79. The molecule has 1 heterocycles. The number of hydrogen-bond acceptors (Lipinski definition) is 5. The molecule has 156 valence electrons. The molecule has 1 aromatic carbocycles. The van der Waals surface area contributed by atoms with Crippen LogP contribution in [0.15, 0.2) is 24.3 Å². The molecule has 28 heavy (non-hydrogen) atoms. The number of carbonyl (C=O) groups is 1. The second kappa shape index (κ2) is 10.8. The molecule has 2 aliphatic rings. The van der Waals surface area contributed by atoms with Gasteiger partial charge < -0.3 is 19.5 Å². The van der Waals surface area contributed by atoms with Crippen molar-refractivity contribution < 1.29 is 19.4 Å². The largest absolute Gasteiger partial charge is 0.497 e. The summed E-state index contributed by atoms with van der Waals surface area (Å²) in [5.74, 6) is 1.42. The molecule has 1 amide bonds. The summed E-state index contributed by atoms with van der Waals surface area (Å²) in [7, 11) is 1.65. The van der Waals surface area contributed by atoms with Crippen LogP contribution in [0.25, 0.3) is 0 Å². The van der Waals surface area contributed by atoms with Crippen molar-refractivity contribution in [2.75, 3.05) is 46.4 Å². The topological polar surface area (TPSA) is 62.2 Å². The Morgan fingerprint density at radius 1 is 1.11 bits per heavy atom. The molecule has 0 bridgehead atoms. The van der Waals surface area contributed by atoms with Crippen molar-refractivity contribution in [2.45, 2.75) is 44.8 Å². The molecule has 0 radical (unpaired) electrons. The first-order valence-corrected chi connectivity index (χ1v) is 10.6. The Morgan fingerprint density at radius 2 is 1.79 bits per heavy atom. The lowest BCUT2D eigenvalue weighted by molar-refractivity contribution is -0.138. The molecule has 0 aromatic heterocycles. The summed E-state index contributed by atoms with van der Waals surface area (Å²) < 4.78 is 10.8. The standard InChI is InChI=1S/C22H34N2O4/c1-27-21-9-7-18(8-10-21)16-28-17-20(25)15-23-11-13-24(14-12-23)22(26)19-5-3-2-4-6-19/h7-10,19-20,25H,2-6,11-17H2,1H3. The molecule has 6 heteroatoms. The molecule has 0 spiro atoms. The highest BCUT2D eigenvalue weighted by atomic mass is 16.5. The number of amides is 1. The van der Waals surface area contributed by atoms with Crippen molar-refractivity contribution in [1.82, 2.24) is 9.80 Å². The molecule has 1 aliphatic carbocycles. The molecule has 2 fully saturated rings. The maximum absolute atomic E-state index is 12.6. The van der Waals surface area contributed by atoms with E-state index in [-0.39, 0.29) is 5.92 Å². The van der Waals surface area contributed by atoms with Crippen LogP contribution in [0.3, 0.4) is 0 Å². The van der Waals surface area contributed by atoms with Crippen LogP contribution in [0.4, 0.5) is 0 Å². The number of nitrogens with zero attached hydrogens (tertiary/aromatic N) is 2. The fourth-order valence-electron chi connectivity index (χ4n) is 4.14. The van der Waals surface area contributed by atoms with Crippen molar-refractivity contribution in [3.05, 3.63) is 29.8 Å². The third-order valence-corrected chi connectivity index (χ3v) is 5.85. The Kier molecular flexibility index (Phi) is 8.13. The van der Waals surface area contributed by atoms with Crippen LogP contribution in [0.5, 0.6) is 5.75 Å². The Hall–Kier alpha value is -1.63. The highest BCUT2D eigenvalue weighted by Crippen LogP contribution is 2.25. The number of hydrogen-bond donors (Lipinski definition) is 1. The van der Waals surface area contributed by atoms with E-state index in [4.69, 9.17) is 9.47 Å². The van der Waals surface area contributed by atoms with Crippen molar-refractivity contribution in [1.29, 1.82) is 0 Å². The third-order valence-electron chi connectivity index (χ3n) is 5.85. The van der Waals surface area contributed by atoms with Gasteiger partial charge >= 0.3 is 0 Å². The van der Waals surface area contributed by atoms with Gasteiger partial charge in [-0.2, -0.15) is 0 Å². The van der Waals surface area contributed by atoms with Gasteiger partial charge in [0, 0.05) is 38.6 Å². The Morgan fingerprint density at radius 3 is 2.43 bits per heavy atom. The Bertz CT molecular complexity index is 593. The van der Waals surface area contributed by atoms with Gasteiger partial charge in [0.15, 0.2) is 0 Å². The summed E-state index contributed by atoms with van der Waals surface area (Å²) in [5.41, 5.74) is 1.06. The van der Waals surface area contributed by atoms with Crippen molar-refractivity contribution >= 4 is 5.91 Å². The minimum Gasteiger partial charge on any atom is -0.497 e. The lowest BCUT2D eigenvalue weighted by Crippen LogP contribution is -2.52. The predicted octanol–water partition coefficient (Wildman–Crippen LogP) is 2.30. The van der Waals surface area contributed by atoms with E-state index in [1.54, 1.807) is 7.11 Å². The van der Waals surface area contributed by atoms with Crippen molar-refractivity contribution in [3.8, 4) is 5.75 Å². The summed E-state index contributed by atoms with van der Waals surface area (Å²) in [6.07, 6.45) is 5.26. The van der Waals surface area contributed by atoms with Crippen LogP contribution in [0, 0.1) is 5.92 Å². The van der Waals surface area contributed by atoms with Gasteiger partial charge in [0.25, 0.3) is 0 Å². The van der Waals surface area contributed by atoms with Crippen LogP contribution in [-0.2, 0) is 16.1 Å². The van der Waals surface area contributed by atoms with E-state index in [0.717, 1.165) is 50.3 Å². The lowest BCUT2D eigenvalue weighted by atomic mass is 9.88. The Labute approximate surface area is 168 Å². The number of β-amino-alcohol motifs (C(OH)–C–C–N with tert-alkyl or cyclic N) is 1. The molecular weight excluding hydrogens is 356 g/mol. The van der Waals surface area contributed by atoms with Gasteiger partial charge in [-0.1, -0.05) is 31.4 Å². The average Bonchev–Trinajstić information content (AvgIpc) is 2.75. The number of methoxy groups -OCH3 is 1. The third kappa shape index (κ3) is 6.19. The van der Waals surface area contributed by atoms with Gasteiger partial charge in [-0.3, -0.25) is 9.69 Å². The molecule has 3 rings (SSSR count). The zero-order valence-corrected chi connectivity index (χ0v) is 17.0. The van der Waals surface area contributed by atoms with Gasteiger partial charge in [-0.05, 0) is 30.5 Å². The van der Waals surface area contributed by atoms with Crippen LogP contribution >= 0.6 is 0 Å². The highest BCUT2D eigenvalue weighted by Gasteiger charge is 2.28. The van der Waals surface area contributed by atoms with Crippen molar-refractivity contribution in [3.63, 3.8) is 0 Å². The number of rotatable bonds is 8. The van der Waals surface area contributed by atoms with Gasteiger partial charge in [-0.15, -0.1) is 0 Å². The summed E-state index contributed by atoms with van der Waals surface area (Å²) in [4.78, 5) is 16.9. The molecule has 1 saturated heterocycles. The summed E-state index contributed by atoms with van der Waals surface area (Å²) in [6.45, 7) is 4.58. The molecule has 1 unspecified atom stereocenters. The second-order valence-electron chi connectivity index (χ2n) is 7.98. The van der Waals surface area contributed by atoms with Crippen LogP contribution < -0.4 is 4.74 Å².